The van der Waals surface area contributed by atoms with Crippen molar-refractivity contribution in [1.29, 1.82) is 0 Å². The number of anilines is 2. The first-order valence-electron chi connectivity index (χ1n) is 6.55. The summed E-state index contributed by atoms with van der Waals surface area (Å²) in [4.78, 5) is 11.0. The predicted octanol–water partition coefficient (Wildman–Crippen LogP) is 4.72. The van der Waals surface area contributed by atoms with Crippen LogP contribution in [0.5, 0.6) is 0 Å². The molecule has 3 nitrogen and oxygen atoms in total. The standard InChI is InChI=1S/C16H16BrFN2O/c1-10(15-9-12(17)3-8-16(15)18)19-13-4-6-14(7-5-13)20-11(2)21/h3-10,19H,1-2H3,(H,20,21). The number of amides is 1. The maximum atomic E-state index is 13.8. The summed E-state index contributed by atoms with van der Waals surface area (Å²) < 4.78 is 14.7. The Hall–Kier alpha value is -1.88. The van der Waals surface area contributed by atoms with Crippen molar-refractivity contribution in [2.75, 3.05) is 10.6 Å². The molecule has 2 N–H and O–H groups in total. The van der Waals surface area contributed by atoms with Gasteiger partial charge >= 0.3 is 0 Å². The molecule has 0 aliphatic rings. The molecule has 1 atom stereocenters. The number of carbonyl (C=O) groups excluding carboxylic acids is 1. The van der Waals surface area contributed by atoms with Gasteiger partial charge in [0.25, 0.3) is 0 Å². The molecule has 2 aromatic rings. The first-order chi connectivity index (χ1) is 9.95. The third kappa shape index (κ3) is 4.29. The lowest BCUT2D eigenvalue weighted by molar-refractivity contribution is -0.114. The Balaban J connectivity index is 2.10. The van der Waals surface area contributed by atoms with E-state index in [0.717, 1.165) is 15.8 Å². The van der Waals surface area contributed by atoms with Crippen molar-refractivity contribution in [3.8, 4) is 0 Å². The Kier molecular flexibility index (Phi) is 4.96. The Labute approximate surface area is 131 Å². The van der Waals surface area contributed by atoms with E-state index in [1.54, 1.807) is 24.3 Å². The number of halogens is 2. The number of hydrogen-bond acceptors (Lipinski definition) is 2. The van der Waals surface area contributed by atoms with E-state index >= 15 is 0 Å². The third-order valence-corrected chi connectivity index (χ3v) is 3.51. The van der Waals surface area contributed by atoms with E-state index in [4.69, 9.17) is 0 Å². The smallest absolute Gasteiger partial charge is 0.221 e. The highest BCUT2D eigenvalue weighted by atomic mass is 79.9. The zero-order chi connectivity index (χ0) is 15.4. The first kappa shape index (κ1) is 15.5. The molecule has 110 valence electrons. The average molecular weight is 351 g/mol. The largest absolute Gasteiger partial charge is 0.378 e. The lowest BCUT2D eigenvalue weighted by atomic mass is 10.1. The molecular weight excluding hydrogens is 335 g/mol. The Morgan fingerprint density at radius 2 is 1.76 bits per heavy atom. The van der Waals surface area contributed by atoms with Crippen LogP contribution in [0.25, 0.3) is 0 Å². The van der Waals surface area contributed by atoms with E-state index < -0.39 is 0 Å². The highest BCUT2D eigenvalue weighted by molar-refractivity contribution is 9.10. The molecule has 0 aliphatic carbocycles. The lowest BCUT2D eigenvalue weighted by Crippen LogP contribution is -2.09. The van der Waals surface area contributed by atoms with Crippen LogP contribution in [0.3, 0.4) is 0 Å². The zero-order valence-corrected chi connectivity index (χ0v) is 13.4. The summed E-state index contributed by atoms with van der Waals surface area (Å²) in [6, 6.07) is 12.0. The number of benzene rings is 2. The third-order valence-electron chi connectivity index (χ3n) is 3.01. The highest BCUT2D eigenvalue weighted by Crippen LogP contribution is 2.25. The second kappa shape index (κ2) is 6.72. The van der Waals surface area contributed by atoms with Crippen LogP contribution in [0.4, 0.5) is 15.8 Å². The summed E-state index contributed by atoms with van der Waals surface area (Å²) in [5, 5.41) is 5.93. The summed E-state index contributed by atoms with van der Waals surface area (Å²) in [5.41, 5.74) is 2.18. The molecule has 0 spiro atoms. The van der Waals surface area contributed by atoms with E-state index in [0.29, 0.717) is 5.56 Å². The number of rotatable bonds is 4. The van der Waals surface area contributed by atoms with Crippen molar-refractivity contribution < 1.29 is 9.18 Å². The van der Waals surface area contributed by atoms with Gasteiger partial charge in [0.1, 0.15) is 5.82 Å². The van der Waals surface area contributed by atoms with Gasteiger partial charge in [-0.3, -0.25) is 4.79 Å². The van der Waals surface area contributed by atoms with E-state index in [2.05, 4.69) is 26.6 Å². The molecule has 21 heavy (non-hydrogen) atoms. The maximum absolute atomic E-state index is 13.8. The van der Waals surface area contributed by atoms with Crippen molar-refractivity contribution in [1.82, 2.24) is 0 Å². The summed E-state index contributed by atoms with van der Waals surface area (Å²) in [7, 11) is 0. The monoisotopic (exact) mass is 350 g/mol. The molecule has 0 radical (unpaired) electrons. The zero-order valence-electron chi connectivity index (χ0n) is 11.8. The Morgan fingerprint density at radius 1 is 1.14 bits per heavy atom. The van der Waals surface area contributed by atoms with Crippen molar-refractivity contribution in [2.45, 2.75) is 19.9 Å². The van der Waals surface area contributed by atoms with Crippen LogP contribution in [0, 0.1) is 5.82 Å². The van der Waals surface area contributed by atoms with E-state index in [-0.39, 0.29) is 17.8 Å². The van der Waals surface area contributed by atoms with Gasteiger partial charge in [-0.1, -0.05) is 15.9 Å². The highest BCUT2D eigenvalue weighted by Gasteiger charge is 2.11. The van der Waals surface area contributed by atoms with E-state index in [9.17, 15) is 9.18 Å². The fraction of sp³-hybridized carbons (Fsp3) is 0.188. The van der Waals surface area contributed by atoms with Crippen molar-refractivity contribution in [3.63, 3.8) is 0 Å². The molecule has 0 heterocycles. The van der Waals surface area contributed by atoms with E-state index in [1.807, 2.05) is 19.1 Å². The molecule has 1 amide bonds. The summed E-state index contributed by atoms with van der Waals surface area (Å²) in [6.07, 6.45) is 0. The van der Waals surface area contributed by atoms with Crippen LogP contribution in [-0.4, -0.2) is 5.91 Å². The predicted molar refractivity (Wildman–Crippen MR) is 86.9 cm³/mol. The SMILES string of the molecule is CC(=O)Nc1ccc(NC(C)c2cc(Br)ccc2F)cc1. The fourth-order valence-electron chi connectivity index (χ4n) is 2.03. The molecule has 2 rings (SSSR count). The molecule has 0 aliphatic heterocycles. The lowest BCUT2D eigenvalue weighted by Gasteiger charge is -2.17. The first-order valence-corrected chi connectivity index (χ1v) is 7.34. The fourth-order valence-corrected chi connectivity index (χ4v) is 2.41. The van der Waals surface area contributed by atoms with E-state index in [1.165, 1.54) is 13.0 Å². The average Bonchev–Trinajstić information content (AvgIpc) is 2.43. The molecule has 5 heteroatoms. The van der Waals surface area contributed by atoms with Crippen molar-refractivity contribution >= 4 is 33.2 Å². The molecule has 0 saturated carbocycles. The van der Waals surface area contributed by atoms with Crippen LogP contribution in [0.2, 0.25) is 0 Å². The van der Waals surface area contributed by atoms with Crippen LogP contribution < -0.4 is 10.6 Å². The number of nitrogens with one attached hydrogen (secondary N) is 2. The second-order valence-electron chi connectivity index (χ2n) is 4.79. The molecule has 1 unspecified atom stereocenters. The van der Waals surface area contributed by atoms with Crippen molar-refractivity contribution in [2.24, 2.45) is 0 Å². The minimum absolute atomic E-state index is 0.111. The molecule has 0 fully saturated rings. The van der Waals surface area contributed by atoms with Crippen LogP contribution in [0.1, 0.15) is 25.5 Å². The van der Waals surface area contributed by atoms with Gasteiger partial charge in [0.05, 0.1) is 6.04 Å². The van der Waals surface area contributed by atoms with Gasteiger partial charge in [-0.2, -0.15) is 0 Å². The Bertz CT molecular complexity index is 643. The summed E-state index contributed by atoms with van der Waals surface area (Å²) >= 11 is 3.35. The topological polar surface area (TPSA) is 41.1 Å². The minimum Gasteiger partial charge on any atom is -0.378 e. The second-order valence-corrected chi connectivity index (χ2v) is 5.71. The van der Waals surface area contributed by atoms with Crippen LogP contribution >= 0.6 is 15.9 Å². The van der Waals surface area contributed by atoms with Gasteiger partial charge in [-0.15, -0.1) is 0 Å². The van der Waals surface area contributed by atoms with Gasteiger partial charge in [0, 0.05) is 28.3 Å². The maximum Gasteiger partial charge on any atom is 0.221 e. The quantitative estimate of drug-likeness (QED) is 0.837. The normalized spacial score (nSPS) is 11.8. The Morgan fingerprint density at radius 3 is 2.38 bits per heavy atom. The summed E-state index contributed by atoms with van der Waals surface area (Å²) in [6.45, 7) is 3.36. The van der Waals surface area contributed by atoms with Gasteiger partial charge in [0.15, 0.2) is 0 Å². The summed E-state index contributed by atoms with van der Waals surface area (Å²) in [5.74, 6) is -0.353. The molecule has 0 saturated heterocycles. The van der Waals surface area contributed by atoms with Gasteiger partial charge in [-0.05, 0) is 49.4 Å². The van der Waals surface area contributed by atoms with Crippen LogP contribution in [0.15, 0.2) is 46.9 Å². The molecular formula is C16H16BrFN2O. The number of hydrogen-bond donors (Lipinski definition) is 2. The van der Waals surface area contributed by atoms with Crippen LogP contribution in [-0.2, 0) is 4.79 Å². The van der Waals surface area contributed by atoms with Gasteiger partial charge in [0.2, 0.25) is 5.91 Å². The van der Waals surface area contributed by atoms with Gasteiger partial charge < -0.3 is 10.6 Å². The minimum atomic E-state index is -0.243. The van der Waals surface area contributed by atoms with Crippen molar-refractivity contribution in [3.05, 3.63) is 58.3 Å². The molecule has 2 aromatic carbocycles. The molecule has 0 aromatic heterocycles. The number of carbonyl (C=O) groups is 1. The van der Waals surface area contributed by atoms with Gasteiger partial charge in [-0.25, -0.2) is 4.39 Å². The molecule has 0 bridgehead atoms.